The van der Waals surface area contributed by atoms with Crippen molar-refractivity contribution >= 4 is 29.0 Å². The number of fused-ring (bicyclic) bond motifs is 1. The van der Waals surface area contributed by atoms with Crippen molar-refractivity contribution in [3.63, 3.8) is 0 Å². The van der Waals surface area contributed by atoms with E-state index >= 15 is 0 Å². The minimum atomic E-state index is -0.487. The van der Waals surface area contributed by atoms with Crippen molar-refractivity contribution in [2.45, 2.75) is 6.92 Å². The molecule has 0 aliphatic rings. The molecule has 40 heavy (non-hydrogen) atoms. The van der Waals surface area contributed by atoms with Crippen molar-refractivity contribution in [2.24, 2.45) is 5.10 Å². The highest BCUT2D eigenvalue weighted by atomic mass is 16.6. The summed E-state index contributed by atoms with van der Waals surface area (Å²) in [5.41, 5.74) is 6.41. The molecule has 0 radical (unpaired) electrons. The number of ether oxygens (including phenoxy) is 3. The van der Waals surface area contributed by atoms with E-state index < -0.39 is 11.9 Å². The molecule has 2 N–H and O–H groups in total. The van der Waals surface area contributed by atoms with Gasteiger partial charge in [0.15, 0.2) is 11.5 Å². The van der Waals surface area contributed by atoms with Crippen LogP contribution in [0.4, 0.5) is 0 Å². The van der Waals surface area contributed by atoms with Gasteiger partial charge in [-0.2, -0.15) is 5.10 Å². The lowest BCUT2D eigenvalue weighted by molar-refractivity contribution is 0.0728. The molecule has 0 aliphatic carbocycles. The zero-order valence-corrected chi connectivity index (χ0v) is 22.0. The van der Waals surface area contributed by atoms with Gasteiger partial charge in [-0.15, -0.1) is 0 Å². The average Bonchev–Trinajstić information content (AvgIpc) is 3.39. The molecule has 0 aliphatic heterocycles. The van der Waals surface area contributed by atoms with Gasteiger partial charge in [0.05, 0.1) is 31.0 Å². The summed E-state index contributed by atoms with van der Waals surface area (Å²) in [6, 6.07) is 29.1. The van der Waals surface area contributed by atoms with E-state index in [-0.39, 0.29) is 5.75 Å². The summed E-state index contributed by atoms with van der Waals surface area (Å²) in [6.45, 7) is 2.21. The highest BCUT2D eigenvalue weighted by Gasteiger charge is 2.21. The van der Waals surface area contributed by atoms with Gasteiger partial charge in [-0.25, -0.2) is 10.2 Å². The summed E-state index contributed by atoms with van der Waals surface area (Å²) in [4.78, 5) is 29.0. The van der Waals surface area contributed by atoms with E-state index in [1.165, 1.54) is 6.21 Å². The van der Waals surface area contributed by atoms with Crippen LogP contribution in [0.15, 0.2) is 102 Å². The maximum atomic E-state index is 13.3. The van der Waals surface area contributed by atoms with Crippen LogP contribution in [-0.4, -0.2) is 36.8 Å². The molecule has 5 aromatic rings. The number of carbonyl (C=O) groups is 2. The smallest absolute Gasteiger partial charge is 0.343 e. The van der Waals surface area contributed by atoms with Crippen LogP contribution in [0.3, 0.4) is 0 Å². The van der Waals surface area contributed by atoms with E-state index in [1.807, 2.05) is 61.5 Å². The van der Waals surface area contributed by atoms with Gasteiger partial charge in [0.1, 0.15) is 11.4 Å². The number of hydrogen-bond donors (Lipinski definition) is 2. The molecule has 8 nitrogen and oxygen atoms in total. The van der Waals surface area contributed by atoms with Crippen LogP contribution in [-0.2, 0) is 0 Å². The Kier molecular flexibility index (Phi) is 7.87. The van der Waals surface area contributed by atoms with Crippen LogP contribution >= 0.6 is 0 Å². The van der Waals surface area contributed by atoms with Crippen LogP contribution < -0.4 is 19.6 Å². The second-order valence-electron chi connectivity index (χ2n) is 8.72. The molecule has 1 heterocycles. The molecule has 0 saturated carbocycles. The maximum absolute atomic E-state index is 13.3. The number of carbonyl (C=O) groups excluding carboxylic acids is 2. The number of esters is 1. The highest BCUT2D eigenvalue weighted by Crippen LogP contribution is 2.36. The molecular formula is C32H27N3O5. The summed E-state index contributed by atoms with van der Waals surface area (Å²) in [6.07, 6.45) is 1.49. The first-order valence-electron chi connectivity index (χ1n) is 12.7. The first-order valence-corrected chi connectivity index (χ1v) is 12.7. The number of methoxy groups -OCH3 is 1. The fourth-order valence-electron chi connectivity index (χ4n) is 4.35. The van der Waals surface area contributed by atoms with Crippen molar-refractivity contribution in [1.82, 2.24) is 10.4 Å². The van der Waals surface area contributed by atoms with Crippen LogP contribution in [0.1, 0.15) is 33.3 Å². The van der Waals surface area contributed by atoms with E-state index in [0.29, 0.717) is 34.9 Å². The lowest BCUT2D eigenvalue weighted by atomic mass is 10.0. The highest BCUT2D eigenvalue weighted by molar-refractivity contribution is 6.11. The minimum absolute atomic E-state index is 0.288. The topological polar surface area (TPSA) is 102 Å². The fraction of sp³-hybridized carbons (Fsp3) is 0.0938. The van der Waals surface area contributed by atoms with Gasteiger partial charge >= 0.3 is 5.97 Å². The van der Waals surface area contributed by atoms with E-state index in [1.54, 1.807) is 49.6 Å². The van der Waals surface area contributed by atoms with Crippen molar-refractivity contribution in [3.05, 3.63) is 114 Å². The van der Waals surface area contributed by atoms with Gasteiger partial charge in [-0.05, 0) is 54.4 Å². The van der Waals surface area contributed by atoms with Crippen LogP contribution in [0.5, 0.6) is 17.2 Å². The Morgan fingerprint density at radius 2 is 1.62 bits per heavy atom. The maximum Gasteiger partial charge on any atom is 0.343 e. The van der Waals surface area contributed by atoms with E-state index in [2.05, 4.69) is 15.5 Å². The predicted octanol–water partition coefficient (Wildman–Crippen LogP) is 6.23. The molecule has 0 unspecified atom stereocenters. The molecule has 0 bridgehead atoms. The van der Waals surface area contributed by atoms with Crippen LogP contribution in [0, 0.1) is 0 Å². The minimum Gasteiger partial charge on any atom is -0.495 e. The lowest BCUT2D eigenvalue weighted by Gasteiger charge is -2.11. The first kappa shape index (κ1) is 26.2. The second-order valence-corrected chi connectivity index (χ2v) is 8.72. The molecule has 0 fully saturated rings. The number of hydrazone groups is 1. The number of para-hydroxylation sites is 1. The molecule has 0 atom stereocenters. The monoisotopic (exact) mass is 533 g/mol. The number of aromatic amines is 1. The normalized spacial score (nSPS) is 10.9. The van der Waals surface area contributed by atoms with Gasteiger partial charge < -0.3 is 19.2 Å². The number of benzene rings is 4. The molecular weight excluding hydrogens is 506 g/mol. The van der Waals surface area contributed by atoms with Crippen LogP contribution in [0.25, 0.3) is 22.0 Å². The molecule has 8 heteroatoms. The Morgan fingerprint density at radius 1 is 0.875 bits per heavy atom. The van der Waals surface area contributed by atoms with Gasteiger partial charge in [0.25, 0.3) is 5.91 Å². The second kappa shape index (κ2) is 12.0. The third-order valence-electron chi connectivity index (χ3n) is 6.16. The molecule has 4 aromatic carbocycles. The summed E-state index contributed by atoms with van der Waals surface area (Å²) in [7, 11) is 1.59. The van der Waals surface area contributed by atoms with E-state index in [4.69, 9.17) is 14.2 Å². The third kappa shape index (κ3) is 5.56. The quantitative estimate of drug-likeness (QED) is 0.101. The third-order valence-corrected chi connectivity index (χ3v) is 6.16. The number of nitrogens with one attached hydrogen (secondary N) is 2. The van der Waals surface area contributed by atoms with Crippen molar-refractivity contribution < 1.29 is 23.8 Å². The standard InChI is InChI=1S/C32H27N3O5/c1-3-39-27-19-21(17-18-25(27)40-32(37)23-13-8-5-9-14-23)20-33-35-31(36)30-28(22-11-6-4-7-12-22)24-15-10-16-26(38-2)29(24)34-30/h4-20,34H,3H2,1-2H3,(H,35,36). The zero-order valence-electron chi connectivity index (χ0n) is 22.0. The number of hydrogen-bond acceptors (Lipinski definition) is 6. The van der Waals surface area contributed by atoms with Gasteiger partial charge in [-0.1, -0.05) is 60.7 Å². The summed E-state index contributed by atoms with van der Waals surface area (Å²) < 4.78 is 16.7. The Hall–Kier alpha value is -5.37. The Bertz CT molecular complexity index is 1680. The lowest BCUT2D eigenvalue weighted by Crippen LogP contribution is -2.19. The summed E-state index contributed by atoms with van der Waals surface area (Å²) >= 11 is 0. The number of aromatic nitrogens is 1. The summed E-state index contributed by atoms with van der Waals surface area (Å²) in [5.74, 6) is 0.410. The SMILES string of the molecule is CCOc1cc(C=NNC(=O)c2[nH]c3c(OC)cccc3c2-c2ccccc2)ccc1OC(=O)c1ccccc1. The fourth-order valence-corrected chi connectivity index (χ4v) is 4.35. The van der Waals surface area contributed by atoms with Gasteiger partial charge in [-0.3, -0.25) is 4.79 Å². The van der Waals surface area contributed by atoms with Crippen molar-refractivity contribution in [2.75, 3.05) is 13.7 Å². The van der Waals surface area contributed by atoms with E-state index in [9.17, 15) is 9.59 Å². The van der Waals surface area contributed by atoms with Gasteiger partial charge in [0.2, 0.25) is 0 Å². The molecule has 200 valence electrons. The number of rotatable bonds is 9. The number of nitrogens with zero attached hydrogens (tertiary/aromatic N) is 1. The van der Waals surface area contributed by atoms with Gasteiger partial charge in [0, 0.05) is 10.9 Å². The molecule has 0 saturated heterocycles. The molecule has 0 spiro atoms. The number of H-pyrrole nitrogens is 1. The Labute approximate surface area is 231 Å². The molecule has 5 rings (SSSR count). The van der Waals surface area contributed by atoms with E-state index in [0.717, 1.165) is 22.0 Å². The summed E-state index contributed by atoms with van der Waals surface area (Å²) in [5, 5.41) is 5.03. The molecule has 1 amide bonds. The Balaban J connectivity index is 1.38. The largest absolute Gasteiger partial charge is 0.495 e. The van der Waals surface area contributed by atoms with Crippen LogP contribution in [0.2, 0.25) is 0 Å². The van der Waals surface area contributed by atoms with Crippen molar-refractivity contribution in [1.29, 1.82) is 0 Å². The predicted molar refractivity (Wildman–Crippen MR) is 154 cm³/mol. The number of amides is 1. The Morgan fingerprint density at radius 3 is 2.35 bits per heavy atom. The average molecular weight is 534 g/mol. The van der Waals surface area contributed by atoms with Crippen molar-refractivity contribution in [3.8, 4) is 28.4 Å². The molecule has 1 aromatic heterocycles. The zero-order chi connectivity index (χ0) is 27.9. The first-order chi connectivity index (χ1) is 19.6.